The van der Waals surface area contributed by atoms with Gasteiger partial charge in [0.15, 0.2) is 0 Å². The summed E-state index contributed by atoms with van der Waals surface area (Å²) in [5, 5.41) is 24.9. The summed E-state index contributed by atoms with van der Waals surface area (Å²) in [6, 6.07) is 10.8. The van der Waals surface area contributed by atoms with Crippen LogP contribution in [0, 0.1) is 10.1 Å². The van der Waals surface area contributed by atoms with Crippen molar-refractivity contribution >= 4 is 17.0 Å². The molecule has 0 aliphatic heterocycles. The van der Waals surface area contributed by atoms with E-state index in [9.17, 15) is 15.2 Å². The molecule has 0 radical (unpaired) electrons. The van der Waals surface area contributed by atoms with Gasteiger partial charge in [0.25, 0.3) is 5.69 Å². The first-order chi connectivity index (χ1) is 15.3. The number of non-ortho nitro benzene ring substituents is 1. The Hall–Kier alpha value is -2.77. The monoisotopic (exact) mass is 467 g/mol. The number of hydrogen-bond donors (Lipinski definition) is 1. The molecular weight excluding hydrogens is 434 g/mol. The lowest BCUT2D eigenvalue weighted by atomic mass is 9.78. The normalized spacial score (nSPS) is 12.4. The van der Waals surface area contributed by atoms with E-state index in [4.69, 9.17) is 4.98 Å². The average Bonchev–Trinajstić information content (AvgIpc) is 3.15. The van der Waals surface area contributed by atoms with Gasteiger partial charge in [-0.05, 0) is 35.6 Å². The number of nitro groups is 1. The smallest absolute Gasteiger partial charge is 0.269 e. The Morgan fingerprint density at radius 1 is 1.00 bits per heavy atom. The first-order valence-electron chi connectivity index (χ1n) is 11.0. The van der Waals surface area contributed by atoms with Gasteiger partial charge in [-0.15, -0.1) is 11.3 Å². The lowest BCUT2D eigenvalue weighted by Crippen LogP contribution is -2.17. The number of nitrogens with zero attached hydrogens (tertiary/aromatic N) is 3. The van der Waals surface area contributed by atoms with Crippen LogP contribution in [0.25, 0.3) is 11.3 Å². The Morgan fingerprint density at radius 2 is 1.55 bits per heavy atom. The Kier molecular flexibility index (Phi) is 6.96. The lowest BCUT2D eigenvalue weighted by molar-refractivity contribution is -0.384. The van der Waals surface area contributed by atoms with Crippen LogP contribution in [0.3, 0.4) is 0 Å². The van der Waals surface area contributed by atoms with E-state index in [0.29, 0.717) is 18.8 Å². The molecule has 3 aromatic rings. The van der Waals surface area contributed by atoms with E-state index in [1.54, 1.807) is 23.5 Å². The molecule has 0 aliphatic carbocycles. The average molecular weight is 468 g/mol. The number of hydrogen-bond acceptors (Lipinski definition) is 6. The molecule has 1 heterocycles. The van der Waals surface area contributed by atoms with E-state index in [1.807, 2.05) is 7.05 Å². The van der Waals surface area contributed by atoms with Crippen molar-refractivity contribution in [1.82, 2.24) is 9.88 Å². The molecule has 2 aromatic carbocycles. The topological polar surface area (TPSA) is 79.5 Å². The van der Waals surface area contributed by atoms with Crippen LogP contribution in [0.4, 0.5) is 5.69 Å². The minimum absolute atomic E-state index is 0.101. The molecule has 0 fully saturated rings. The molecule has 0 saturated heterocycles. The molecule has 3 rings (SSSR count). The van der Waals surface area contributed by atoms with Crippen LogP contribution >= 0.6 is 11.3 Å². The third kappa shape index (κ3) is 5.97. The fourth-order valence-corrected chi connectivity index (χ4v) is 4.65. The van der Waals surface area contributed by atoms with Crippen LogP contribution < -0.4 is 0 Å². The Balaban J connectivity index is 1.82. The van der Waals surface area contributed by atoms with Crippen LogP contribution in [0.1, 0.15) is 63.2 Å². The first kappa shape index (κ1) is 24.9. The van der Waals surface area contributed by atoms with Gasteiger partial charge in [-0.2, -0.15) is 0 Å². The molecule has 0 amide bonds. The summed E-state index contributed by atoms with van der Waals surface area (Å²) in [6.45, 7) is 14.0. The fraction of sp³-hybridized carbons (Fsp3) is 0.423. The second kappa shape index (κ2) is 9.23. The second-order valence-electron chi connectivity index (χ2n) is 10.6. The van der Waals surface area contributed by atoms with Crippen LogP contribution in [-0.4, -0.2) is 27.0 Å². The van der Waals surface area contributed by atoms with Gasteiger partial charge in [-0.25, -0.2) is 4.98 Å². The third-order valence-electron chi connectivity index (χ3n) is 5.58. The number of nitro benzene ring substituents is 1. The van der Waals surface area contributed by atoms with Gasteiger partial charge in [0.1, 0.15) is 10.8 Å². The van der Waals surface area contributed by atoms with Crippen LogP contribution in [-0.2, 0) is 23.9 Å². The molecule has 1 N–H and O–H groups in total. The van der Waals surface area contributed by atoms with Crippen molar-refractivity contribution < 1.29 is 10.0 Å². The maximum Gasteiger partial charge on any atom is 0.269 e. The highest BCUT2D eigenvalue weighted by atomic mass is 32.1. The SMILES string of the molecule is CN(Cc1ccc([N+](=O)[O-])cc1)Cc1nc(-c2cc(C(C)(C)C)c(O)c(C(C)(C)C)c2)cs1. The van der Waals surface area contributed by atoms with Gasteiger partial charge >= 0.3 is 0 Å². The van der Waals surface area contributed by atoms with E-state index < -0.39 is 0 Å². The first-order valence-corrected chi connectivity index (χ1v) is 11.9. The van der Waals surface area contributed by atoms with Gasteiger partial charge in [0.05, 0.1) is 17.2 Å². The van der Waals surface area contributed by atoms with Crippen molar-refractivity contribution in [3.05, 3.63) is 73.6 Å². The van der Waals surface area contributed by atoms with Gasteiger partial charge < -0.3 is 5.11 Å². The molecule has 6 nitrogen and oxygen atoms in total. The van der Waals surface area contributed by atoms with E-state index in [0.717, 1.165) is 33.0 Å². The standard InChI is InChI=1S/C26H33N3O3S/c1-25(2,3)20-12-18(13-21(24(20)30)26(4,5)6)22-16-33-23(27-22)15-28(7)14-17-8-10-19(11-9-17)29(31)32/h8-13,16,30H,14-15H2,1-7H3. The zero-order valence-electron chi connectivity index (χ0n) is 20.5. The minimum atomic E-state index is -0.385. The summed E-state index contributed by atoms with van der Waals surface area (Å²) in [5.41, 5.74) is 4.52. The quantitative estimate of drug-likeness (QED) is 0.324. The van der Waals surface area contributed by atoms with E-state index in [1.165, 1.54) is 12.1 Å². The molecule has 0 spiro atoms. The molecule has 1 aromatic heterocycles. The molecular formula is C26H33N3O3S. The Labute approximate surface area is 200 Å². The Morgan fingerprint density at radius 3 is 2.03 bits per heavy atom. The van der Waals surface area contributed by atoms with Crippen molar-refractivity contribution in [2.24, 2.45) is 0 Å². The van der Waals surface area contributed by atoms with E-state index >= 15 is 0 Å². The number of phenolic OH excluding ortho intramolecular Hbond substituents is 1. The van der Waals surface area contributed by atoms with Gasteiger partial charge in [0, 0.05) is 40.7 Å². The number of phenols is 1. The summed E-state index contributed by atoms with van der Waals surface area (Å²) in [4.78, 5) is 17.5. The zero-order valence-corrected chi connectivity index (χ0v) is 21.3. The second-order valence-corrected chi connectivity index (χ2v) is 11.6. The fourth-order valence-electron chi connectivity index (χ4n) is 3.76. The largest absolute Gasteiger partial charge is 0.507 e. The predicted octanol–water partition coefficient (Wildman–Crippen LogP) is 6.65. The molecule has 176 valence electrons. The highest BCUT2D eigenvalue weighted by molar-refractivity contribution is 7.09. The maximum absolute atomic E-state index is 11.0. The lowest BCUT2D eigenvalue weighted by Gasteiger charge is -2.28. The highest BCUT2D eigenvalue weighted by Gasteiger charge is 2.27. The van der Waals surface area contributed by atoms with E-state index in [-0.39, 0.29) is 21.4 Å². The number of benzene rings is 2. The van der Waals surface area contributed by atoms with Gasteiger partial charge in [-0.1, -0.05) is 53.7 Å². The van der Waals surface area contributed by atoms with Crippen molar-refractivity contribution in [2.45, 2.75) is 65.5 Å². The zero-order chi connectivity index (χ0) is 24.6. The number of aromatic nitrogens is 1. The van der Waals surface area contributed by atoms with Crippen molar-refractivity contribution in [1.29, 1.82) is 0 Å². The summed E-state index contributed by atoms with van der Waals surface area (Å²) >= 11 is 1.62. The van der Waals surface area contributed by atoms with Crippen LogP contribution in [0.15, 0.2) is 41.8 Å². The maximum atomic E-state index is 11.0. The summed E-state index contributed by atoms with van der Waals surface area (Å²) < 4.78 is 0. The number of aromatic hydroxyl groups is 1. The summed E-state index contributed by atoms with van der Waals surface area (Å²) in [6.07, 6.45) is 0. The molecule has 0 atom stereocenters. The van der Waals surface area contributed by atoms with Gasteiger partial charge in [-0.3, -0.25) is 15.0 Å². The Bertz CT molecular complexity index is 1100. The highest BCUT2D eigenvalue weighted by Crippen LogP contribution is 2.42. The predicted molar refractivity (Wildman–Crippen MR) is 135 cm³/mol. The van der Waals surface area contributed by atoms with Crippen molar-refractivity contribution in [3.63, 3.8) is 0 Å². The van der Waals surface area contributed by atoms with Gasteiger partial charge in [0.2, 0.25) is 0 Å². The minimum Gasteiger partial charge on any atom is -0.507 e. The van der Waals surface area contributed by atoms with Crippen LogP contribution in [0.5, 0.6) is 5.75 Å². The molecule has 0 unspecified atom stereocenters. The van der Waals surface area contributed by atoms with Crippen LogP contribution in [0.2, 0.25) is 0 Å². The summed E-state index contributed by atoms with van der Waals surface area (Å²) in [5.74, 6) is 0.372. The number of thiazole rings is 1. The summed E-state index contributed by atoms with van der Waals surface area (Å²) in [7, 11) is 2.01. The number of rotatable bonds is 6. The molecule has 0 saturated carbocycles. The molecule has 0 bridgehead atoms. The van der Waals surface area contributed by atoms with E-state index in [2.05, 4.69) is 64.0 Å². The molecule has 7 heteroatoms. The van der Waals surface area contributed by atoms with Crippen molar-refractivity contribution in [2.75, 3.05) is 7.05 Å². The van der Waals surface area contributed by atoms with Crippen molar-refractivity contribution in [3.8, 4) is 17.0 Å². The molecule has 0 aliphatic rings. The third-order valence-corrected chi connectivity index (χ3v) is 6.41. The molecule has 33 heavy (non-hydrogen) atoms.